The van der Waals surface area contributed by atoms with Crippen molar-refractivity contribution < 1.29 is 14.6 Å². The summed E-state index contributed by atoms with van der Waals surface area (Å²) in [6.07, 6.45) is 10.1. The maximum atomic E-state index is 8.73. The summed E-state index contributed by atoms with van der Waals surface area (Å²) in [6.45, 7) is 0.992. The molecule has 0 saturated carbocycles. The Morgan fingerprint density at radius 2 is 2.00 bits per heavy atom. The van der Waals surface area contributed by atoms with Crippen molar-refractivity contribution in [1.29, 1.82) is 0 Å². The number of hydrogen-bond acceptors (Lipinski definition) is 3. The van der Waals surface area contributed by atoms with Gasteiger partial charge in [-0.15, -0.1) is 0 Å². The Kier molecular flexibility index (Phi) is 4.18. The molecule has 0 aromatic rings. The van der Waals surface area contributed by atoms with Gasteiger partial charge in [0, 0.05) is 6.61 Å². The SMILES string of the molecule is OC/C=C/[C@H]1CCC[C@H]2OCCC[C@@H]2O1. The molecule has 0 amide bonds. The Hall–Kier alpha value is -0.380. The number of fused-ring (bicyclic) bond motifs is 1. The van der Waals surface area contributed by atoms with Gasteiger partial charge in [0.05, 0.1) is 24.9 Å². The van der Waals surface area contributed by atoms with E-state index in [1.165, 1.54) is 0 Å². The summed E-state index contributed by atoms with van der Waals surface area (Å²) < 4.78 is 11.7. The average molecular weight is 212 g/mol. The molecule has 2 fully saturated rings. The van der Waals surface area contributed by atoms with E-state index in [2.05, 4.69) is 0 Å². The van der Waals surface area contributed by atoms with Crippen LogP contribution in [0.4, 0.5) is 0 Å². The highest BCUT2D eigenvalue weighted by atomic mass is 16.5. The Morgan fingerprint density at radius 1 is 1.13 bits per heavy atom. The first-order chi connectivity index (χ1) is 7.40. The highest BCUT2D eigenvalue weighted by Crippen LogP contribution is 2.27. The molecular formula is C12H20O3. The Bertz CT molecular complexity index is 215. The maximum Gasteiger partial charge on any atom is 0.0845 e. The molecule has 3 heteroatoms. The standard InChI is InChI=1S/C12H20O3/c13-8-2-5-10-4-1-6-11-12(15-10)7-3-9-14-11/h2,5,10-13H,1,3-4,6-9H2/b5-2+/t10-,11-,12+/m1/s1. The Morgan fingerprint density at radius 3 is 2.87 bits per heavy atom. The molecule has 0 aromatic carbocycles. The van der Waals surface area contributed by atoms with Crippen molar-refractivity contribution in [3.63, 3.8) is 0 Å². The fourth-order valence-corrected chi connectivity index (χ4v) is 2.40. The first-order valence-corrected chi connectivity index (χ1v) is 5.95. The Labute approximate surface area is 91.1 Å². The molecule has 0 bridgehead atoms. The monoisotopic (exact) mass is 212 g/mol. The van der Waals surface area contributed by atoms with E-state index in [0.29, 0.717) is 6.10 Å². The van der Waals surface area contributed by atoms with Gasteiger partial charge in [0.25, 0.3) is 0 Å². The van der Waals surface area contributed by atoms with Gasteiger partial charge in [-0.1, -0.05) is 12.2 Å². The van der Waals surface area contributed by atoms with Crippen LogP contribution in [0.3, 0.4) is 0 Å². The molecule has 2 aliphatic rings. The van der Waals surface area contributed by atoms with Gasteiger partial charge in [-0.05, 0) is 32.1 Å². The quantitative estimate of drug-likeness (QED) is 0.707. The van der Waals surface area contributed by atoms with Crippen molar-refractivity contribution in [2.75, 3.05) is 13.2 Å². The van der Waals surface area contributed by atoms with Gasteiger partial charge in [-0.25, -0.2) is 0 Å². The lowest BCUT2D eigenvalue weighted by molar-refractivity contribution is -0.110. The second-order valence-electron chi connectivity index (χ2n) is 4.31. The van der Waals surface area contributed by atoms with Gasteiger partial charge in [-0.3, -0.25) is 0 Å². The first kappa shape index (κ1) is 11.1. The van der Waals surface area contributed by atoms with Crippen molar-refractivity contribution in [3.8, 4) is 0 Å². The largest absolute Gasteiger partial charge is 0.392 e. The summed E-state index contributed by atoms with van der Waals surface area (Å²) in [4.78, 5) is 0. The summed E-state index contributed by atoms with van der Waals surface area (Å²) in [6, 6.07) is 0. The lowest BCUT2D eigenvalue weighted by Crippen LogP contribution is -2.36. The summed E-state index contributed by atoms with van der Waals surface area (Å²) >= 11 is 0. The predicted molar refractivity (Wildman–Crippen MR) is 57.7 cm³/mol. The highest BCUT2D eigenvalue weighted by molar-refractivity contribution is 4.92. The fourth-order valence-electron chi connectivity index (χ4n) is 2.40. The molecule has 2 aliphatic heterocycles. The second kappa shape index (κ2) is 5.64. The van der Waals surface area contributed by atoms with E-state index >= 15 is 0 Å². The number of rotatable bonds is 2. The highest BCUT2D eigenvalue weighted by Gasteiger charge is 2.30. The van der Waals surface area contributed by atoms with Crippen LogP contribution < -0.4 is 0 Å². The number of hydrogen-bond donors (Lipinski definition) is 1. The molecule has 2 heterocycles. The first-order valence-electron chi connectivity index (χ1n) is 5.95. The molecule has 2 rings (SSSR count). The lowest BCUT2D eigenvalue weighted by atomic mass is 10.0. The van der Waals surface area contributed by atoms with Crippen LogP contribution in [0.25, 0.3) is 0 Å². The van der Waals surface area contributed by atoms with Crippen LogP contribution in [0.15, 0.2) is 12.2 Å². The number of aliphatic hydroxyl groups excluding tert-OH is 1. The summed E-state index contributed by atoms with van der Waals surface area (Å²) in [5.74, 6) is 0. The summed E-state index contributed by atoms with van der Waals surface area (Å²) in [7, 11) is 0. The summed E-state index contributed by atoms with van der Waals surface area (Å²) in [5.41, 5.74) is 0. The molecule has 0 unspecified atom stereocenters. The van der Waals surface area contributed by atoms with Crippen LogP contribution in [-0.4, -0.2) is 36.6 Å². The Balaban J connectivity index is 1.92. The van der Waals surface area contributed by atoms with Gasteiger partial charge < -0.3 is 14.6 Å². The lowest BCUT2D eigenvalue weighted by Gasteiger charge is -2.31. The van der Waals surface area contributed by atoms with E-state index < -0.39 is 0 Å². The minimum absolute atomic E-state index is 0.102. The van der Waals surface area contributed by atoms with E-state index in [1.807, 2.05) is 6.08 Å². The van der Waals surface area contributed by atoms with Crippen LogP contribution in [-0.2, 0) is 9.47 Å². The molecule has 3 atom stereocenters. The van der Waals surface area contributed by atoms with Gasteiger partial charge in [-0.2, -0.15) is 0 Å². The van der Waals surface area contributed by atoms with Crippen molar-refractivity contribution in [2.45, 2.75) is 50.4 Å². The van der Waals surface area contributed by atoms with E-state index in [4.69, 9.17) is 14.6 Å². The van der Waals surface area contributed by atoms with Crippen molar-refractivity contribution in [3.05, 3.63) is 12.2 Å². The van der Waals surface area contributed by atoms with Crippen LogP contribution in [0.2, 0.25) is 0 Å². The van der Waals surface area contributed by atoms with Gasteiger partial charge >= 0.3 is 0 Å². The second-order valence-corrected chi connectivity index (χ2v) is 4.31. The molecule has 0 aromatic heterocycles. The molecule has 2 saturated heterocycles. The fraction of sp³-hybridized carbons (Fsp3) is 0.833. The van der Waals surface area contributed by atoms with Crippen LogP contribution in [0, 0.1) is 0 Å². The van der Waals surface area contributed by atoms with E-state index in [1.54, 1.807) is 6.08 Å². The van der Waals surface area contributed by atoms with Gasteiger partial charge in [0.15, 0.2) is 0 Å². The van der Waals surface area contributed by atoms with E-state index in [0.717, 1.165) is 38.7 Å². The smallest absolute Gasteiger partial charge is 0.0845 e. The number of aliphatic hydroxyl groups is 1. The minimum atomic E-state index is 0.102. The van der Waals surface area contributed by atoms with Crippen LogP contribution >= 0.6 is 0 Å². The van der Waals surface area contributed by atoms with E-state index in [9.17, 15) is 0 Å². The zero-order valence-corrected chi connectivity index (χ0v) is 9.10. The molecule has 0 spiro atoms. The van der Waals surface area contributed by atoms with Crippen LogP contribution in [0.1, 0.15) is 32.1 Å². The predicted octanol–water partition coefficient (Wildman–Crippen LogP) is 1.65. The molecule has 0 aliphatic carbocycles. The molecule has 86 valence electrons. The van der Waals surface area contributed by atoms with Gasteiger partial charge in [0.1, 0.15) is 0 Å². The third kappa shape index (κ3) is 3.03. The average Bonchev–Trinajstić information content (AvgIpc) is 2.47. The zero-order chi connectivity index (χ0) is 10.5. The zero-order valence-electron chi connectivity index (χ0n) is 9.10. The molecule has 3 nitrogen and oxygen atoms in total. The molecule has 0 radical (unpaired) electrons. The van der Waals surface area contributed by atoms with E-state index in [-0.39, 0.29) is 18.8 Å². The minimum Gasteiger partial charge on any atom is -0.392 e. The maximum absolute atomic E-state index is 8.73. The van der Waals surface area contributed by atoms with Gasteiger partial charge in [0.2, 0.25) is 0 Å². The third-order valence-electron chi connectivity index (χ3n) is 3.16. The third-order valence-corrected chi connectivity index (χ3v) is 3.16. The van der Waals surface area contributed by atoms with Crippen molar-refractivity contribution in [1.82, 2.24) is 0 Å². The summed E-state index contributed by atoms with van der Waals surface area (Å²) in [5, 5.41) is 8.73. The normalized spacial score (nSPS) is 37.5. The molecular weight excluding hydrogens is 192 g/mol. The van der Waals surface area contributed by atoms with Crippen molar-refractivity contribution in [2.24, 2.45) is 0 Å². The molecule has 15 heavy (non-hydrogen) atoms. The number of ether oxygens (including phenoxy) is 2. The van der Waals surface area contributed by atoms with Crippen molar-refractivity contribution >= 4 is 0 Å². The van der Waals surface area contributed by atoms with Crippen LogP contribution in [0.5, 0.6) is 0 Å². The molecule has 1 N–H and O–H groups in total. The topological polar surface area (TPSA) is 38.7 Å².